The van der Waals surface area contributed by atoms with E-state index in [4.69, 9.17) is 4.98 Å². The number of thioether (sulfide) groups is 1. The van der Waals surface area contributed by atoms with Crippen molar-refractivity contribution in [2.45, 2.75) is 30.0 Å². The molecule has 2 aromatic carbocycles. The monoisotopic (exact) mass is 422 g/mol. The largest absolute Gasteiger partial charge is 0.349 e. The number of hydrogen-bond acceptors (Lipinski definition) is 4. The molecule has 6 nitrogen and oxygen atoms in total. The van der Waals surface area contributed by atoms with Crippen molar-refractivity contribution in [3.8, 4) is 5.69 Å². The van der Waals surface area contributed by atoms with Crippen LogP contribution in [0.1, 0.15) is 36.2 Å². The summed E-state index contributed by atoms with van der Waals surface area (Å²) in [6.07, 6.45) is 2.31. The SMILES string of the molecule is C[NH+](C)[C@@H](CNC(=O)CSc1nc(C2CC2)n(-c2ccccc2)n1)c1ccccc1. The van der Waals surface area contributed by atoms with E-state index in [0.717, 1.165) is 24.4 Å². The first-order valence-corrected chi connectivity index (χ1v) is 11.4. The summed E-state index contributed by atoms with van der Waals surface area (Å²) in [7, 11) is 4.22. The van der Waals surface area contributed by atoms with Crippen LogP contribution < -0.4 is 10.2 Å². The Bertz CT molecular complexity index is 970. The average Bonchev–Trinajstić information content (AvgIpc) is 3.52. The molecule has 1 fully saturated rings. The zero-order valence-electron chi connectivity index (χ0n) is 17.4. The Labute approximate surface area is 181 Å². The van der Waals surface area contributed by atoms with E-state index in [1.54, 1.807) is 0 Å². The molecule has 1 aromatic heterocycles. The number of aromatic nitrogens is 3. The maximum atomic E-state index is 12.5. The Morgan fingerprint density at radius 3 is 2.43 bits per heavy atom. The van der Waals surface area contributed by atoms with Crippen LogP contribution in [0.5, 0.6) is 0 Å². The summed E-state index contributed by atoms with van der Waals surface area (Å²) in [4.78, 5) is 18.5. The molecule has 4 rings (SSSR count). The number of likely N-dealkylation sites (N-methyl/N-ethyl adjacent to an activating group) is 1. The topological polar surface area (TPSA) is 64.2 Å². The van der Waals surface area contributed by atoms with E-state index in [9.17, 15) is 4.79 Å². The molecule has 1 heterocycles. The van der Waals surface area contributed by atoms with Gasteiger partial charge in [-0.3, -0.25) is 4.79 Å². The van der Waals surface area contributed by atoms with Crippen LogP contribution in [0.2, 0.25) is 0 Å². The lowest BCUT2D eigenvalue weighted by Crippen LogP contribution is -3.07. The molecule has 7 heteroatoms. The molecule has 1 amide bonds. The molecule has 0 saturated heterocycles. The van der Waals surface area contributed by atoms with Gasteiger partial charge in [-0.2, -0.15) is 0 Å². The van der Waals surface area contributed by atoms with Crippen molar-refractivity contribution in [3.05, 3.63) is 72.1 Å². The predicted octanol–water partition coefficient (Wildman–Crippen LogP) is 2.24. The number of carbonyl (C=O) groups excluding carboxylic acids is 1. The zero-order chi connectivity index (χ0) is 20.9. The molecule has 3 aromatic rings. The third kappa shape index (κ3) is 5.09. The van der Waals surface area contributed by atoms with Crippen molar-refractivity contribution in [1.29, 1.82) is 0 Å². The van der Waals surface area contributed by atoms with Gasteiger partial charge in [-0.1, -0.05) is 60.3 Å². The van der Waals surface area contributed by atoms with E-state index in [0.29, 0.717) is 23.4 Å². The van der Waals surface area contributed by atoms with Gasteiger partial charge in [0.1, 0.15) is 11.9 Å². The standard InChI is InChI=1S/C23H27N5OS/c1-27(2)20(17-9-5-3-6-10-17)15-24-21(29)16-30-23-25-22(18-13-14-18)28(26-23)19-11-7-4-8-12-19/h3-12,18,20H,13-16H2,1-2H3,(H,24,29)/p+1/t20-/m0/s1. The van der Waals surface area contributed by atoms with Gasteiger partial charge in [-0.15, -0.1) is 5.10 Å². The van der Waals surface area contributed by atoms with Crippen molar-refractivity contribution < 1.29 is 9.69 Å². The number of quaternary nitrogens is 1. The maximum Gasteiger partial charge on any atom is 0.230 e. The van der Waals surface area contributed by atoms with Crippen LogP contribution in [-0.4, -0.2) is 47.1 Å². The molecule has 0 aliphatic heterocycles. The quantitative estimate of drug-likeness (QED) is 0.519. The Hall–Kier alpha value is -2.64. The van der Waals surface area contributed by atoms with Crippen molar-refractivity contribution in [1.82, 2.24) is 20.1 Å². The number of carbonyl (C=O) groups is 1. The lowest BCUT2D eigenvalue weighted by molar-refractivity contribution is -0.890. The van der Waals surface area contributed by atoms with E-state index >= 15 is 0 Å². The highest BCUT2D eigenvalue weighted by Crippen LogP contribution is 2.40. The second-order valence-corrected chi connectivity index (χ2v) is 8.85. The summed E-state index contributed by atoms with van der Waals surface area (Å²) in [5, 5.41) is 8.41. The highest BCUT2D eigenvalue weighted by Gasteiger charge is 2.30. The van der Waals surface area contributed by atoms with Gasteiger partial charge in [0.2, 0.25) is 11.1 Å². The predicted molar refractivity (Wildman–Crippen MR) is 119 cm³/mol. The highest BCUT2D eigenvalue weighted by atomic mass is 32.2. The van der Waals surface area contributed by atoms with Crippen molar-refractivity contribution >= 4 is 17.7 Å². The molecule has 0 bridgehead atoms. The number of amides is 1. The van der Waals surface area contributed by atoms with Crippen LogP contribution in [-0.2, 0) is 4.79 Å². The summed E-state index contributed by atoms with van der Waals surface area (Å²) in [6.45, 7) is 0.602. The minimum Gasteiger partial charge on any atom is -0.349 e. The van der Waals surface area contributed by atoms with Crippen LogP contribution in [0.15, 0.2) is 65.8 Å². The average molecular weight is 423 g/mol. The molecular weight excluding hydrogens is 394 g/mol. The van der Waals surface area contributed by atoms with Crippen LogP contribution in [0.25, 0.3) is 5.69 Å². The van der Waals surface area contributed by atoms with Gasteiger partial charge in [0.05, 0.1) is 32.1 Å². The number of nitrogens with one attached hydrogen (secondary N) is 2. The summed E-state index contributed by atoms with van der Waals surface area (Å²) >= 11 is 1.40. The second kappa shape index (κ2) is 9.45. The number of benzene rings is 2. The number of rotatable bonds is 9. The van der Waals surface area contributed by atoms with Crippen LogP contribution >= 0.6 is 11.8 Å². The molecule has 30 heavy (non-hydrogen) atoms. The molecule has 2 N–H and O–H groups in total. The van der Waals surface area contributed by atoms with Gasteiger partial charge in [0.15, 0.2) is 0 Å². The molecule has 1 saturated carbocycles. The van der Waals surface area contributed by atoms with Crippen molar-refractivity contribution in [3.63, 3.8) is 0 Å². The molecule has 0 unspecified atom stereocenters. The van der Waals surface area contributed by atoms with E-state index in [1.807, 2.05) is 53.2 Å². The fraction of sp³-hybridized carbons (Fsp3) is 0.348. The normalized spacial score (nSPS) is 14.6. The summed E-state index contributed by atoms with van der Waals surface area (Å²) < 4.78 is 1.93. The van der Waals surface area contributed by atoms with Crippen LogP contribution in [0.3, 0.4) is 0 Å². The lowest BCUT2D eigenvalue weighted by atomic mass is 10.1. The summed E-state index contributed by atoms with van der Waals surface area (Å²) in [5.41, 5.74) is 2.24. The Morgan fingerprint density at radius 2 is 1.80 bits per heavy atom. The third-order valence-electron chi connectivity index (χ3n) is 5.29. The Kier molecular flexibility index (Phi) is 6.50. The molecular formula is C23H28N5OS+. The molecule has 1 aliphatic rings. The van der Waals surface area contributed by atoms with Gasteiger partial charge in [-0.25, -0.2) is 9.67 Å². The molecule has 0 radical (unpaired) electrons. The fourth-order valence-corrected chi connectivity index (χ4v) is 4.13. The van der Waals surface area contributed by atoms with Crippen LogP contribution in [0, 0.1) is 0 Å². The van der Waals surface area contributed by atoms with Crippen LogP contribution in [0.4, 0.5) is 0 Å². The summed E-state index contributed by atoms with van der Waals surface area (Å²) in [5.74, 6) is 1.80. The van der Waals surface area contributed by atoms with Gasteiger partial charge >= 0.3 is 0 Å². The fourth-order valence-electron chi connectivity index (χ4n) is 3.47. The first-order chi connectivity index (χ1) is 14.6. The zero-order valence-corrected chi connectivity index (χ0v) is 18.2. The van der Waals surface area contributed by atoms with E-state index in [-0.39, 0.29) is 11.9 Å². The summed E-state index contributed by atoms with van der Waals surface area (Å²) in [6, 6.07) is 20.6. The molecule has 1 aliphatic carbocycles. The van der Waals surface area contributed by atoms with E-state index < -0.39 is 0 Å². The first-order valence-electron chi connectivity index (χ1n) is 10.4. The second-order valence-electron chi connectivity index (χ2n) is 7.91. The first kappa shape index (κ1) is 20.6. The van der Waals surface area contributed by atoms with Gasteiger partial charge in [-0.05, 0) is 25.0 Å². The third-order valence-corrected chi connectivity index (χ3v) is 6.13. The molecule has 156 valence electrons. The lowest BCUT2D eigenvalue weighted by Gasteiger charge is -2.22. The number of nitrogens with zero attached hydrogens (tertiary/aromatic N) is 3. The number of para-hydroxylation sites is 1. The number of hydrogen-bond donors (Lipinski definition) is 2. The smallest absolute Gasteiger partial charge is 0.230 e. The molecule has 0 spiro atoms. The molecule has 1 atom stereocenters. The van der Waals surface area contributed by atoms with Crippen molar-refractivity contribution in [2.75, 3.05) is 26.4 Å². The van der Waals surface area contributed by atoms with Gasteiger partial charge in [0, 0.05) is 11.5 Å². The minimum absolute atomic E-state index is 0.00575. The van der Waals surface area contributed by atoms with Gasteiger partial charge in [0.25, 0.3) is 0 Å². The van der Waals surface area contributed by atoms with Crippen molar-refractivity contribution in [2.24, 2.45) is 0 Å². The Balaban J connectivity index is 1.36. The van der Waals surface area contributed by atoms with E-state index in [1.165, 1.54) is 22.2 Å². The maximum absolute atomic E-state index is 12.5. The minimum atomic E-state index is 0.00575. The van der Waals surface area contributed by atoms with E-state index in [2.05, 4.69) is 36.6 Å². The van der Waals surface area contributed by atoms with Gasteiger partial charge < -0.3 is 10.2 Å². The highest BCUT2D eigenvalue weighted by molar-refractivity contribution is 7.99. The Morgan fingerprint density at radius 1 is 1.13 bits per heavy atom.